The van der Waals surface area contributed by atoms with E-state index in [4.69, 9.17) is 14.7 Å². The molecule has 0 aliphatic carbocycles. The fourth-order valence-electron chi connectivity index (χ4n) is 5.34. The van der Waals surface area contributed by atoms with Gasteiger partial charge in [-0.2, -0.15) is 4.98 Å². The average Bonchev–Trinajstić information content (AvgIpc) is 3.23. The second-order valence-electron chi connectivity index (χ2n) is 9.74. The average molecular weight is 467 g/mol. The molecule has 1 aliphatic rings. The van der Waals surface area contributed by atoms with E-state index in [1.807, 2.05) is 0 Å². The summed E-state index contributed by atoms with van der Waals surface area (Å²) in [5, 5.41) is 0. The van der Waals surface area contributed by atoms with E-state index < -0.39 is 0 Å². The highest BCUT2D eigenvalue weighted by atomic mass is 16.5. The zero-order chi connectivity index (χ0) is 24.5. The van der Waals surface area contributed by atoms with Crippen LogP contribution < -0.4 is 9.64 Å². The molecule has 188 valence electrons. The number of nitrogens with zero attached hydrogens (tertiary/aromatic N) is 4. The van der Waals surface area contributed by atoms with Gasteiger partial charge in [-0.25, -0.2) is 4.98 Å². The molecule has 0 radical (unpaired) electrons. The Hall–Kier alpha value is -2.14. The second-order valence-corrected chi connectivity index (χ2v) is 9.74. The molecule has 0 bridgehead atoms. The summed E-state index contributed by atoms with van der Waals surface area (Å²) in [4.78, 5) is 15.1. The molecule has 34 heavy (non-hydrogen) atoms. The third kappa shape index (κ3) is 6.29. The molecule has 1 fully saturated rings. The van der Waals surface area contributed by atoms with E-state index in [1.165, 1.54) is 36.1 Å². The van der Waals surface area contributed by atoms with Gasteiger partial charge in [0.1, 0.15) is 5.69 Å². The van der Waals surface area contributed by atoms with Crippen molar-refractivity contribution < 1.29 is 4.74 Å². The van der Waals surface area contributed by atoms with Gasteiger partial charge in [0.2, 0.25) is 5.88 Å². The zero-order valence-corrected chi connectivity index (χ0v) is 22.5. The van der Waals surface area contributed by atoms with Gasteiger partial charge in [0.25, 0.3) is 0 Å². The number of hydrogen-bond donors (Lipinski definition) is 0. The number of rotatable bonds is 13. The van der Waals surface area contributed by atoms with E-state index in [9.17, 15) is 0 Å². The molecule has 2 heterocycles. The van der Waals surface area contributed by atoms with Crippen molar-refractivity contribution in [1.82, 2.24) is 14.9 Å². The van der Waals surface area contributed by atoms with Crippen LogP contribution in [0.15, 0.2) is 18.2 Å². The van der Waals surface area contributed by atoms with Gasteiger partial charge in [-0.3, -0.25) is 0 Å². The lowest BCUT2D eigenvalue weighted by Crippen LogP contribution is -2.28. The standard InChI is InChI=1S/C29H46N4O/c1-7-13-24-15-11-14-23(10-4)26(24)28-30-22(5)27(33(18-8-2)19-9-3)29(31-28)34-21-17-25-16-12-20-32(25)6/h11,14-15,25H,7-10,12-13,16-21H2,1-6H3. The lowest BCUT2D eigenvalue weighted by molar-refractivity contribution is 0.228. The van der Waals surface area contributed by atoms with Crippen LogP contribution in [0.25, 0.3) is 11.4 Å². The summed E-state index contributed by atoms with van der Waals surface area (Å²) in [5.74, 6) is 1.58. The highest BCUT2D eigenvalue weighted by Gasteiger charge is 2.24. The summed E-state index contributed by atoms with van der Waals surface area (Å²) >= 11 is 0. The van der Waals surface area contributed by atoms with Gasteiger partial charge in [0, 0.05) is 24.7 Å². The molecule has 0 N–H and O–H groups in total. The lowest BCUT2D eigenvalue weighted by Gasteiger charge is -2.28. The molecule has 1 atom stereocenters. The molecule has 3 rings (SSSR count). The Morgan fingerprint density at radius 2 is 1.76 bits per heavy atom. The smallest absolute Gasteiger partial charge is 0.241 e. The molecule has 2 aromatic rings. The maximum absolute atomic E-state index is 6.52. The van der Waals surface area contributed by atoms with Crippen LogP contribution in [0.5, 0.6) is 5.88 Å². The largest absolute Gasteiger partial charge is 0.476 e. The fourth-order valence-corrected chi connectivity index (χ4v) is 5.34. The number of aromatic nitrogens is 2. The number of anilines is 1. The van der Waals surface area contributed by atoms with E-state index in [2.05, 4.69) is 69.7 Å². The monoisotopic (exact) mass is 466 g/mol. The maximum atomic E-state index is 6.52. The molecule has 1 unspecified atom stereocenters. The Morgan fingerprint density at radius 3 is 2.38 bits per heavy atom. The van der Waals surface area contributed by atoms with Crippen LogP contribution in [0.1, 0.15) is 83.0 Å². The molecule has 1 saturated heterocycles. The number of hydrogen-bond acceptors (Lipinski definition) is 5. The summed E-state index contributed by atoms with van der Waals surface area (Å²) in [6.45, 7) is 14.9. The Morgan fingerprint density at radius 1 is 1.03 bits per heavy atom. The van der Waals surface area contributed by atoms with Crippen molar-refractivity contribution in [3.05, 3.63) is 35.0 Å². The van der Waals surface area contributed by atoms with Crippen molar-refractivity contribution in [1.29, 1.82) is 0 Å². The number of benzene rings is 1. The van der Waals surface area contributed by atoms with Crippen molar-refractivity contribution >= 4 is 5.69 Å². The number of ether oxygens (including phenoxy) is 1. The minimum atomic E-state index is 0.616. The molecule has 1 aromatic heterocycles. The van der Waals surface area contributed by atoms with Gasteiger partial charge < -0.3 is 14.5 Å². The minimum absolute atomic E-state index is 0.616. The van der Waals surface area contributed by atoms with Crippen molar-refractivity contribution in [2.45, 2.75) is 92.0 Å². The quantitative estimate of drug-likeness (QED) is 0.339. The van der Waals surface area contributed by atoms with E-state index in [1.54, 1.807) is 0 Å². The third-order valence-corrected chi connectivity index (χ3v) is 7.05. The molecule has 1 aromatic carbocycles. The normalized spacial score (nSPS) is 16.2. The van der Waals surface area contributed by atoms with E-state index in [0.29, 0.717) is 12.6 Å². The molecule has 5 heteroatoms. The van der Waals surface area contributed by atoms with Crippen LogP contribution >= 0.6 is 0 Å². The maximum Gasteiger partial charge on any atom is 0.241 e. The fraction of sp³-hybridized carbons (Fsp3) is 0.655. The van der Waals surface area contributed by atoms with Crippen molar-refractivity contribution in [3.63, 3.8) is 0 Å². The number of aryl methyl sites for hydroxylation is 3. The first-order chi connectivity index (χ1) is 16.5. The van der Waals surface area contributed by atoms with Crippen molar-refractivity contribution in [2.24, 2.45) is 0 Å². The predicted molar refractivity (Wildman–Crippen MR) is 144 cm³/mol. The van der Waals surface area contributed by atoms with Gasteiger partial charge in [0.05, 0.1) is 12.3 Å². The molecule has 5 nitrogen and oxygen atoms in total. The molecular weight excluding hydrogens is 420 g/mol. The molecule has 0 amide bonds. The minimum Gasteiger partial charge on any atom is -0.476 e. The van der Waals surface area contributed by atoms with Gasteiger partial charge >= 0.3 is 0 Å². The SMILES string of the molecule is CCCc1cccc(CC)c1-c1nc(C)c(N(CCC)CCC)c(OCCC2CCCN2C)n1. The summed E-state index contributed by atoms with van der Waals surface area (Å²) < 4.78 is 6.52. The topological polar surface area (TPSA) is 41.5 Å². The van der Waals surface area contributed by atoms with Crippen LogP contribution in [0, 0.1) is 6.92 Å². The van der Waals surface area contributed by atoms with Gasteiger partial charge in [-0.15, -0.1) is 0 Å². The highest BCUT2D eigenvalue weighted by Crippen LogP contribution is 2.35. The number of likely N-dealkylation sites (tertiary alicyclic amines) is 1. The first-order valence-corrected chi connectivity index (χ1v) is 13.6. The van der Waals surface area contributed by atoms with Crippen LogP contribution in [-0.4, -0.2) is 54.2 Å². The van der Waals surface area contributed by atoms with Crippen molar-refractivity contribution in [2.75, 3.05) is 38.2 Å². The highest BCUT2D eigenvalue weighted by molar-refractivity contribution is 5.69. The Labute approximate surface area is 207 Å². The lowest BCUT2D eigenvalue weighted by atomic mass is 9.95. The van der Waals surface area contributed by atoms with Crippen LogP contribution in [0.4, 0.5) is 5.69 Å². The molecule has 0 spiro atoms. The molecule has 0 saturated carbocycles. The Balaban J connectivity index is 2.03. The van der Waals surface area contributed by atoms with Crippen LogP contribution in [0.2, 0.25) is 0 Å². The Kier molecular flexibility index (Phi) is 10.2. The van der Waals surface area contributed by atoms with Gasteiger partial charge in [0.15, 0.2) is 5.82 Å². The summed E-state index contributed by atoms with van der Waals surface area (Å²) in [5.41, 5.74) is 5.97. The molecular formula is C29H46N4O. The zero-order valence-electron chi connectivity index (χ0n) is 22.5. The van der Waals surface area contributed by atoms with Crippen LogP contribution in [-0.2, 0) is 12.8 Å². The summed E-state index contributed by atoms with van der Waals surface area (Å²) in [6, 6.07) is 7.25. The van der Waals surface area contributed by atoms with E-state index in [0.717, 1.165) is 74.7 Å². The summed E-state index contributed by atoms with van der Waals surface area (Å²) in [6.07, 6.45) is 8.90. The third-order valence-electron chi connectivity index (χ3n) is 7.05. The Bertz CT molecular complexity index is 907. The van der Waals surface area contributed by atoms with E-state index in [-0.39, 0.29) is 0 Å². The van der Waals surface area contributed by atoms with E-state index >= 15 is 0 Å². The summed E-state index contributed by atoms with van der Waals surface area (Å²) in [7, 11) is 2.23. The van der Waals surface area contributed by atoms with Gasteiger partial charge in [-0.1, -0.05) is 52.3 Å². The first kappa shape index (κ1) is 26.5. The molecule has 1 aliphatic heterocycles. The predicted octanol–water partition coefficient (Wildman–Crippen LogP) is 6.46. The van der Waals surface area contributed by atoms with Crippen molar-refractivity contribution in [3.8, 4) is 17.3 Å². The van der Waals surface area contributed by atoms with Crippen LogP contribution in [0.3, 0.4) is 0 Å². The second kappa shape index (κ2) is 13.1. The first-order valence-electron chi connectivity index (χ1n) is 13.6. The van der Waals surface area contributed by atoms with Gasteiger partial charge in [-0.05, 0) is 76.6 Å².